The highest BCUT2D eigenvalue weighted by Crippen LogP contribution is 2.34. The summed E-state index contributed by atoms with van der Waals surface area (Å²) in [5.74, 6) is -0.617. The minimum Gasteiger partial charge on any atom is -0.486 e. The number of ether oxygens (including phenoxy) is 8. The van der Waals surface area contributed by atoms with Crippen LogP contribution >= 0.6 is 0 Å². The third-order valence-corrected chi connectivity index (χ3v) is 8.94. The highest BCUT2D eigenvalue weighted by molar-refractivity contribution is 7.85. The molecule has 0 bridgehead atoms. The van der Waals surface area contributed by atoms with Crippen molar-refractivity contribution in [3.63, 3.8) is 0 Å². The van der Waals surface area contributed by atoms with Crippen LogP contribution in [0.25, 0.3) is 21.8 Å². The number of aryl methyl sites for hydroxylation is 3. The summed E-state index contributed by atoms with van der Waals surface area (Å²) >= 11 is 0. The number of rotatable bonds is 19. The molecule has 0 saturated carbocycles. The topological polar surface area (TPSA) is 166 Å². The lowest BCUT2D eigenvalue weighted by Crippen LogP contribution is -2.37. The summed E-state index contributed by atoms with van der Waals surface area (Å²) in [6, 6.07) is 13.6. The molecule has 0 aliphatic rings. The predicted molar refractivity (Wildman–Crippen MR) is 191 cm³/mol. The van der Waals surface area contributed by atoms with Gasteiger partial charge in [0, 0.05) is 47.0 Å². The van der Waals surface area contributed by atoms with Crippen molar-refractivity contribution in [3.8, 4) is 17.2 Å². The Labute approximate surface area is 303 Å². The second-order valence-electron chi connectivity index (χ2n) is 12.1. The Bertz CT molecular complexity index is 1880. The van der Waals surface area contributed by atoms with Crippen molar-refractivity contribution in [1.82, 2.24) is 0 Å². The maximum absolute atomic E-state index is 14.6. The molecule has 3 aromatic carbocycles. The van der Waals surface area contributed by atoms with E-state index in [1.165, 1.54) is 7.11 Å². The van der Waals surface area contributed by atoms with Gasteiger partial charge in [0.05, 0.1) is 61.2 Å². The lowest BCUT2D eigenvalue weighted by Gasteiger charge is -2.20. The Balaban J connectivity index is 2.00. The zero-order valence-corrected chi connectivity index (χ0v) is 31.2. The van der Waals surface area contributed by atoms with E-state index < -0.39 is 40.0 Å². The molecule has 0 aliphatic heterocycles. The monoisotopic (exact) mass is 744 g/mol. The summed E-state index contributed by atoms with van der Waals surface area (Å²) in [5, 5.41) is 0.860. The van der Waals surface area contributed by atoms with Crippen molar-refractivity contribution in [2.45, 2.75) is 39.0 Å². The van der Waals surface area contributed by atoms with E-state index in [-0.39, 0.29) is 50.7 Å². The third kappa shape index (κ3) is 10.1. The molecular weight excluding hydrogens is 698 g/mol. The van der Waals surface area contributed by atoms with Gasteiger partial charge in [-0.3, -0.25) is 4.55 Å². The molecule has 0 unspecified atom stereocenters. The first-order chi connectivity index (χ1) is 24.8. The number of hydrogen-bond donors (Lipinski definition) is 1. The van der Waals surface area contributed by atoms with Crippen LogP contribution in [0.5, 0.6) is 17.2 Å². The van der Waals surface area contributed by atoms with Gasteiger partial charge in [0.2, 0.25) is 11.0 Å². The quantitative estimate of drug-likeness (QED) is 0.0476. The SMILES string of the molecule is COCC(COC)Oc1ccc2c(c1)c(C(=O)Oc1c(C)cc(C(=O)OC)cc1C)c1cc(OC(COC)COC)ccc1[n+]2CCCS(=O)(=O)O. The van der Waals surface area contributed by atoms with Crippen LogP contribution in [-0.2, 0) is 40.3 Å². The van der Waals surface area contributed by atoms with Gasteiger partial charge in [-0.25, -0.2) is 9.59 Å². The molecule has 14 nitrogen and oxygen atoms in total. The first kappa shape index (κ1) is 40.4. The molecule has 0 aliphatic carbocycles. The second kappa shape index (κ2) is 18.4. The number of nitrogens with zero attached hydrogens (tertiary/aromatic N) is 1. The molecule has 15 heteroatoms. The van der Waals surface area contributed by atoms with Crippen LogP contribution in [0.4, 0.5) is 0 Å². The molecule has 1 heterocycles. The number of aromatic nitrogens is 1. The summed E-state index contributed by atoms with van der Waals surface area (Å²) in [4.78, 5) is 26.8. The van der Waals surface area contributed by atoms with Crippen LogP contribution in [-0.4, -0.2) is 105 Å². The Morgan fingerprint density at radius 3 is 1.58 bits per heavy atom. The zero-order valence-electron chi connectivity index (χ0n) is 30.4. The molecule has 0 amide bonds. The molecule has 1 aromatic heterocycles. The van der Waals surface area contributed by atoms with Crippen molar-refractivity contribution in [2.24, 2.45) is 0 Å². The molecule has 52 heavy (non-hydrogen) atoms. The van der Waals surface area contributed by atoms with E-state index in [0.717, 1.165) is 0 Å². The lowest BCUT2D eigenvalue weighted by molar-refractivity contribution is -0.645. The molecule has 0 fully saturated rings. The number of carbonyl (C=O) groups excluding carboxylic acids is 2. The summed E-state index contributed by atoms with van der Waals surface area (Å²) in [7, 11) is 3.24. The Kier molecular flexibility index (Phi) is 14.3. The number of fused-ring (bicyclic) bond motifs is 2. The average molecular weight is 745 g/mol. The first-order valence-electron chi connectivity index (χ1n) is 16.4. The second-order valence-corrected chi connectivity index (χ2v) is 13.7. The minimum atomic E-state index is -4.24. The predicted octanol–water partition coefficient (Wildman–Crippen LogP) is 4.26. The highest BCUT2D eigenvalue weighted by Gasteiger charge is 2.29. The molecule has 0 atom stereocenters. The van der Waals surface area contributed by atoms with Gasteiger partial charge >= 0.3 is 11.9 Å². The van der Waals surface area contributed by atoms with Crippen LogP contribution in [0, 0.1) is 13.8 Å². The van der Waals surface area contributed by atoms with Gasteiger partial charge in [-0.2, -0.15) is 13.0 Å². The summed E-state index contributed by atoms with van der Waals surface area (Å²) < 4.78 is 79.5. The van der Waals surface area contributed by atoms with E-state index in [1.54, 1.807) is 90.8 Å². The van der Waals surface area contributed by atoms with E-state index in [0.29, 0.717) is 50.0 Å². The van der Waals surface area contributed by atoms with E-state index in [9.17, 15) is 22.6 Å². The maximum Gasteiger partial charge on any atom is 0.345 e. The molecule has 0 saturated heterocycles. The summed E-state index contributed by atoms with van der Waals surface area (Å²) in [5.41, 5.74) is 2.69. The number of esters is 2. The fraction of sp³-hybridized carbons (Fsp3) is 0.432. The van der Waals surface area contributed by atoms with Crippen LogP contribution in [0.15, 0.2) is 48.5 Å². The minimum absolute atomic E-state index is 0.0758. The third-order valence-electron chi connectivity index (χ3n) is 8.14. The van der Waals surface area contributed by atoms with Gasteiger partial charge in [0.15, 0.2) is 6.54 Å². The van der Waals surface area contributed by atoms with Gasteiger partial charge in [-0.1, -0.05) is 0 Å². The number of benzene rings is 3. The summed E-state index contributed by atoms with van der Waals surface area (Å²) in [6.45, 7) is 4.56. The summed E-state index contributed by atoms with van der Waals surface area (Å²) in [6.07, 6.45) is -0.864. The zero-order chi connectivity index (χ0) is 38.0. The molecular formula is C37H46NO13S+. The number of hydrogen-bond acceptors (Lipinski definition) is 12. The van der Waals surface area contributed by atoms with Gasteiger partial charge in [-0.05, 0) is 61.4 Å². The molecule has 0 radical (unpaired) electrons. The maximum atomic E-state index is 14.6. The smallest absolute Gasteiger partial charge is 0.345 e. The van der Waals surface area contributed by atoms with E-state index in [2.05, 4.69) is 0 Å². The number of carbonyl (C=O) groups is 2. The fourth-order valence-corrected chi connectivity index (χ4v) is 6.53. The Hall–Kier alpha value is -4.38. The molecule has 1 N–H and O–H groups in total. The van der Waals surface area contributed by atoms with Crippen LogP contribution in [0.2, 0.25) is 0 Å². The van der Waals surface area contributed by atoms with Crippen molar-refractivity contribution >= 4 is 43.9 Å². The fourth-order valence-electron chi connectivity index (χ4n) is 6.04. The van der Waals surface area contributed by atoms with Gasteiger partial charge in [-0.15, -0.1) is 0 Å². The average Bonchev–Trinajstić information content (AvgIpc) is 3.09. The molecule has 4 rings (SSSR count). The van der Waals surface area contributed by atoms with E-state index in [1.807, 2.05) is 4.57 Å². The van der Waals surface area contributed by atoms with Gasteiger partial charge < -0.3 is 37.9 Å². The molecule has 4 aromatic rings. The number of pyridine rings is 1. The van der Waals surface area contributed by atoms with Crippen molar-refractivity contribution in [1.29, 1.82) is 0 Å². The standard InChI is InChI=1S/C37H45NO13S/c1-23-15-25(36(39)48-7)16-24(2)35(23)51-37(40)34-30-17-26(49-28(19-44-3)20-45-4)9-11-32(30)38(13-8-14-52(41,42)43)33-12-10-27(18-31(33)34)50-29(21-46-5)22-47-6/h9-12,15-18,28-29H,8,13-14,19-22H2,1-7H3/p+1. The van der Waals surface area contributed by atoms with Crippen molar-refractivity contribution in [2.75, 3.05) is 67.7 Å². The van der Waals surface area contributed by atoms with E-state index >= 15 is 0 Å². The molecule has 282 valence electrons. The largest absolute Gasteiger partial charge is 0.486 e. The van der Waals surface area contributed by atoms with Crippen LogP contribution in [0.1, 0.15) is 38.3 Å². The van der Waals surface area contributed by atoms with Gasteiger partial charge in [0.25, 0.3) is 10.1 Å². The normalized spacial score (nSPS) is 11.8. The highest BCUT2D eigenvalue weighted by atomic mass is 32.2. The Morgan fingerprint density at radius 2 is 1.17 bits per heavy atom. The Morgan fingerprint density at radius 1 is 0.712 bits per heavy atom. The van der Waals surface area contributed by atoms with Crippen LogP contribution in [0.3, 0.4) is 0 Å². The lowest BCUT2D eigenvalue weighted by atomic mass is 10.0. The van der Waals surface area contributed by atoms with Crippen molar-refractivity contribution < 1.29 is 65.0 Å². The first-order valence-corrected chi connectivity index (χ1v) is 18.0. The van der Waals surface area contributed by atoms with Crippen molar-refractivity contribution in [3.05, 3.63) is 70.8 Å². The van der Waals surface area contributed by atoms with Crippen LogP contribution < -0.4 is 18.8 Å². The molecule has 0 spiro atoms. The van der Waals surface area contributed by atoms with Gasteiger partial charge in [0.1, 0.15) is 29.5 Å². The number of methoxy groups -OCH3 is 5. The van der Waals surface area contributed by atoms with E-state index in [4.69, 9.17) is 37.9 Å².